The van der Waals surface area contributed by atoms with Gasteiger partial charge >= 0.3 is 0 Å². The third kappa shape index (κ3) is 3.32. The first kappa shape index (κ1) is 13.5. The van der Waals surface area contributed by atoms with Gasteiger partial charge in [0, 0.05) is 11.3 Å². The molecule has 98 valence electrons. The minimum Gasteiger partial charge on any atom is -0.389 e. The number of hydrogen-bond donors (Lipinski definition) is 2. The van der Waals surface area contributed by atoms with Gasteiger partial charge in [0.25, 0.3) is 0 Å². The molecule has 1 aromatic heterocycles. The molecule has 4 nitrogen and oxygen atoms in total. The SMILES string of the molecule is CSC1CCC(Nc2nnccc2C(N)=S)CC1. The van der Waals surface area contributed by atoms with Gasteiger partial charge in [0.05, 0.1) is 11.8 Å². The predicted octanol–water partition coefficient (Wildman–Crippen LogP) is 2.20. The number of thioether (sulfide) groups is 1. The Kier molecular flexibility index (Phi) is 4.77. The van der Waals surface area contributed by atoms with Gasteiger partial charge in [-0.05, 0) is 38.0 Å². The van der Waals surface area contributed by atoms with Crippen molar-refractivity contribution in [3.05, 3.63) is 17.8 Å². The summed E-state index contributed by atoms with van der Waals surface area (Å²) >= 11 is 6.99. The summed E-state index contributed by atoms with van der Waals surface area (Å²) in [6.07, 6.45) is 8.64. The lowest BCUT2D eigenvalue weighted by Gasteiger charge is -2.28. The van der Waals surface area contributed by atoms with E-state index in [0.717, 1.165) is 16.6 Å². The Labute approximate surface area is 117 Å². The first-order valence-electron chi connectivity index (χ1n) is 6.11. The third-order valence-electron chi connectivity index (χ3n) is 3.33. The Morgan fingerprint density at radius 1 is 1.44 bits per heavy atom. The van der Waals surface area contributed by atoms with E-state index in [1.165, 1.54) is 25.7 Å². The monoisotopic (exact) mass is 282 g/mol. The lowest BCUT2D eigenvalue weighted by atomic mass is 9.95. The lowest BCUT2D eigenvalue weighted by molar-refractivity contribution is 0.472. The van der Waals surface area contributed by atoms with Crippen LogP contribution in [0, 0.1) is 0 Å². The van der Waals surface area contributed by atoms with Gasteiger partial charge in [-0.25, -0.2) is 0 Å². The van der Waals surface area contributed by atoms with E-state index in [0.29, 0.717) is 11.0 Å². The molecule has 0 spiro atoms. The maximum atomic E-state index is 5.68. The molecule has 0 unspecified atom stereocenters. The van der Waals surface area contributed by atoms with Crippen molar-refractivity contribution in [3.8, 4) is 0 Å². The van der Waals surface area contributed by atoms with Crippen LogP contribution < -0.4 is 11.1 Å². The van der Waals surface area contributed by atoms with Crippen molar-refractivity contribution in [1.82, 2.24) is 10.2 Å². The number of nitrogens with one attached hydrogen (secondary N) is 1. The molecule has 0 bridgehead atoms. The number of anilines is 1. The Balaban J connectivity index is 2.00. The standard InChI is InChI=1S/C12H18N4S2/c1-18-9-4-2-8(3-5-9)15-12-10(11(13)17)6-7-14-16-12/h6-9H,2-5H2,1H3,(H2,13,17)(H,15,16). The molecule has 0 aliphatic heterocycles. The minimum atomic E-state index is 0.366. The van der Waals surface area contributed by atoms with Gasteiger partial charge in [-0.2, -0.15) is 16.9 Å². The molecular weight excluding hydrogens is 264 g/mol. The summed E-state index contributed by atoms with van der Waals surface area (Å²) in [6.45, 7) is 0. The van der Waals surface area contributed by atoms with Crippen LogP contribution in [0.5, 0.6) is 0 Å². The van der Waals surface area contributed by atoms with Gasteiger partial charge in [-0.15, -0.1) is 5.10 Å². The van der Waals surface area contributed by atoms with Crippen LogP contribution in [0.4, 0.5) is 5.82 Å². The molecule has 0 aromatic carbocycles. The first-order valence-corrected chi connectivity index (χ1v) is 7.81. The van der Waals surface area contributed by atoms with Crippen LogP contribution in [0.25, 0.3) is 0 Å². The number of aromatic nitrogens is 2. The van der Waals surface area contributed by atoms with Crippen molar-refractivity contribution >= 4 is 34.8 Å². The second kappa shape index (κ2) is 6.33. The molecule has 1 heterocycles. The van der Waals surface area contributed by atoms with Crippen molar-refractivity contribution in [1.29, 1.82) is 0 Å². The van der Waals surface area contributed by atoms with E-state index in [-0.39, 0.29) is 0 Å². The smallest absolute Gasteiger partial charge is 0.159 e. The molecular formula is C12H18N4S2. The summed E-state index contributed by atoms with van der Waals surface area (Å²) in [4.78, 5) is 0.366. The number of hydrogen-bond acceptors (Lipinski definition) is 5. The number of nitrogens with two attached hydrogens (primary N) is 1. The fourth-order valence-corrected chi connectivity index (χ4v) is 3.18. The fourth-order valence-electron chi connectivity index (χ4n) is 2.27. The molecule has 1 saturated carbocycles. The molecule has 3 N–H and O–H groups in total. The molecule has 0 saturated heterocycles. The van der Waals surface area contributed by atoms with Gasteiger partial charge in [-0.1, -0.05) is 12.2 Å². The zero-order valence-corrected chi connectivity index (χ0v) is 12.1. The van der Waals surface area contributed by atoms with E-state index in [9.17, 15) is 0 Å². The Hall–Kier alpha value is -0.880. The van der Waals surface area contributed by atoms with E-state index >= 15 is 0 Å². The molecule has 1 fully saturated rings. The molecule has 0 amide bonds. The van der Waals surface area contributed by atoms with Crippen molar-refractivity contribution in [2.24, 2.45) is 5.73 Å². The number of rotatable bonds is 4. The van der Waals surface area contributed by atoms with Crippen molar-refractivity contribution in [3.63, 3.8) is 0 Å². The second-order valence-electron chi connectivity index (χ2n) is 4.51. The van der Waals surface area contributed by atoms with Crippen LogP contribution >= 0.6 is 24.0 Å². The van der Waals surface area contributed by atoms with E-state index in [4.69, 9.17) is 18.0 Å². The molecule has 18 heavy (non-hydrogen) atoms. The van der Waals surface area contributed by atoms with Crippen LogP contribution in [-0.4, -0.2) is 32.7 Å². The molecule has 1 aliphatic carbocycles. The molecule has 0 atom stereocenters. The number of nitrogens with zero attached hydrogens (tertiary/aromatic N) is 2. The van der Waals surface area contributed by atoms with Crippen molar-refractivity contribution in [2.45, 2.75) is 37.0 Å². The minimum absolute atomic E-state index is 0.366. The van der Waals surface area contributed by atoms with E-state index < -0.39 is 0 Å². The van der Waals surface area contributed by atoms with Gasteiger partial charge in [0.1, 0.15) is 4.99 Å². The maximum Gasteiger partial charge on any atom is 0.159 e. The quantitative estimate of drug-likeness (QED) is 0.826. The normalized spacial score (nSPS) is 23.6. The Morgan fingerprint density at radius 2 is 2.17 bits per heavy atom. The van der Waals surface area contributed by atoms with Crippen LogP contribution in [0.1, 0.15) is 31.2 Å². The van der Waals surface area contributed by atoms with Crippen LogP contribution in [0.3, 0.4) is 0 Å². The molecule has 1 aromatic rings. The maximum absolute atomic E-state index is 5.68. The predicted molar refractivity (Wildman–Crippen MR) is 81.1 cm³/mol. The molecule has 6 heteroatoms. The third-order valence-corrected chi connectivity index (χ3v) is 4.69. The van der Waals surface area contributed by atoms with Gasteiger partial charge < -0.3 is 11.1 Å². The number of thiocarbonyl (C=S) groups is 1. The van der Waals surface area contributed by atoms with Gasteiger partial charge in [0.15, 0.2) is 5.82 Å². The van der Waals surface area contributed by atoms with E-state index in [1.807, 2.05) is 17.8 Å². The van der Waals surface area contributed by atoms with Crippen LogP contribution in [0.2, 0.25) is 0 Å². The Morgan fingerprint density at radius 3 is 2.78 bits per heavy atom. The van der Waals surface area contributed by atoms with Crippen LogP contribution in [-0.2, 0) is 0 Å². The molecule has 0 radical (unpaired) electrons. The summed E-state index contributed by atoms with van der Waals surface area (Å²) < 4.78 is 0. The summed E-state index contributed by atoms with van der Waals surface area (Å²) in [5.74, 6) is 0.720. The lowest BCUT2D eigenvalue weighted by Crippen LogP contribution is -2.28. The summed E-state index contributed by atoms with van der Waals surface area (Å²) in [6, 6.07) is 2.27. The molecule has 1 aliphatic rings. The summed E-state index contributed by atoms with van der Waals surface area (Å²) in [5.41, 5.74) is 6.47. The van der Waals surface area contributed by atoms with Crippen molar-refractivity contribution in [2.75, 3.05) is 11.6 Å². The van der Waals surface area contributed by atoms with Gasteiger partial charge in [-0.3, -0.25) is 0 Å². The largest absolute Gasteiger partial charge is 0.389 e. The second-order valence-corrected chi connectivity index (χ2v) is 6.09. The fraction of sp³-hybridized carbons (Fsp3) is 0.583. The zero-order valence-electron chi connectivity index (χ0n) is 10.4. The van der Waals surface area contributed by atoms with E-state index in [1.54, 1.807) is 6.20 Å². The summed E-state index contributed by atoms with van der Waals surface area (Å²) in [7, 11) is 0. The first-order chi connectivity index (χ1) is 8.70. The highest BCUT2D eigenvalue weighted by Crippen LogP contribution is 2.28. The van der Waals surface area contributed by atoms with E-state index in [2.05, 4.69) is 21.8 Å². The van der Waals surface area contributed by atoms with Crippen LogP contribution in [0.15, 0.2) is 12.3 Å². The van der Waals surface area contributed by atoms with Crippen molar-refractivity contribution < 1.29 is 0 Å². The zero-order chi connectivity index (χ0) is 13.0. The van der Waals surface area contributed by atoms with Gasteiger partial charge in [0.2, 0.25) is 0 Å². The average Bonchev–Trinajstić information content (AvgIpc) is 2.40. The average molecular weight is 282 g/mol. The topological polar surface area (TPSA) is 63.8 Å². The Bertz CT molecular complexity index is 416. The highest BCUT2D eigenvalue weighted by Gasteiger charge is 2.21. The summed E-state index contributed by atoms with van der Waals surface area (Å²) in [5, 5.41) is 12.2. The molecule has 2 rings (SSSR count). The highest BCUT2D eigenvalue weighted by molar-refractivity contribution is 7.99. The highest BCUT2D eigenvalue weighted by atomic mass is 32.2.